The predicted molar refractivity (Wildman–Crippen MR) is 148 cm³/mol. The van der Waals surface area contributed by atoms with Gasteiger partial charge in [-0.25, -0.2) is 0 Å². The molecule has 1 aliphatic carbocycles. The molecule has 0 aliphatic heterocycles. The Morgan fingerprint density at radius 2 is 1.54 bits per heavy atom. The van der Waals surface area contributed by atoms with E-state index in [0.717, 1.165) is 62.7 Å². The van der Waals surface area contributed by atoms with Crippen LogP contribution in [0.1, 0.15) is 108 Å². The van der Waals surface area contributed by atoms with Gasteiger partial charge >= 0.3 is 5.97 Å². The second-order valence-corrected chi connectivity index (χ2v) is 11.0. The number of hydrogen-bond donors (Lipinski definition) is 1. The first kappa shape index (κ1) is 29.0. The van der Waals surface area contributed by atoms with Gasteiger partial charge < -0.3 is 19.3 Å². The number of phenolic OH excluding ortho intramolecular Hbond substituents is 1. The average Bonchev–Trinajstić information content (AvgIpc) is 2.92. The van der Waals surface area contributed by atoms with Crippen molar-refractivity contribution < 1.29 is 24.1 Å². The molecule has 1 aliphatic rings. The highest BCUT2D eigenvalue weighted by Crippen LogP contribution is 2.43. The van der Waals surface area contributed by atoms with Crippen LogP contribution in [0.4, 0.5) is 0 Å². The molecule has 5 heteroatoms. The summed E-state index contributed by atoms with van der Waals surface area (Å²) in [5.74, 6) is 0.909. The largest absolute Gasteiger partial charge is 0.508 e. The van der Waals surface area contributed by atoms with Crippen molar-refractivity contribution in [2.75, 3.05) is 14.2 Å². The maximum atomic E-state index is 12.8. The van der Waals surface area contributed by atoms with Crippen LogP contribution in [0.25, 0.3) is 0 Å². The van der Waals surface area contributed by atoms with Crippen molar-refractivity contribution >= 4 is 5.97 Å². The summed E-state index contributed by atoms with van der Waals surface area (Å²) in [6.45, 7) is 6.35. The molecule has 2 aromatic carbocycles. The molecule has 3 rings (SSSR count). The van der Waals surface area contributed by atoms with Gasteiger partial charge in [0.05, 0.1) is 12.5 Å². The molecule has 0 saturated heterocycles. The molecule has 1 saturated carbocycles. The normalized spacial score (nSPS) is 18.4. The van der Waals surface area contributed by atoms with E-state index in [2.05, 4.69) is 38.1 Å². The van der Waals surface area contributed by atoms with Crippen LogP contribution in [0.5, 0.6) is 11.5 Å². The van der Waals surface area contributed by atoms with Crippen molar-refractivity contribution in [3.63, 3.8) is 0 Å². The summed E-state index contributed by atoms with van der Waals surface area (Å²) in [7, 11) is 3.22. The molecule has 3 unspecified atom stereocenters. The third kappa shape index (κ3) is 7.50. The van der Waals surface area contributed by atoms with Gasteiger partial charge in [0.1, 0.15) is 11.5 Å². The quantitative estimate of drug-likeness (QED) is 0.218. The highest BCUT2D eigenvalue weighted by atomic mass is 16.7. The third-order valence-corrected chi connectivity index (χ3v) is 8.25. The van der Waals surface area contributed by atoms with E-state index in [1.807, 2.05) is 19.1 Å². The van der Waals surface area contributed by atoms with Gasteiger partial charge in [0.15, 0.2) is 0 Å². The molecule has 2 aromatic rings. The van der Waals surface area contributed by atoms with Gasteiger partial charge in [-0.05, 0) is 92.7 Å². The van der Waals surface area contributed by atoms with Crippen molar-refractivity contribution in [1.29, 1.82) is 0 Å². The van der Waals surface area contributed by atoms with E-state index in [-0.39, 0.29) is 17.6 Å². The fourth-order valence-corrected chi connectivity index (χ4v) is 6.06. The second-order valence-electron chi connectivity index (χ2n) is 11.0. The molecule has 0 bridgehead atoms. The summed E-state index contributed by atoms with van der Waals surface area (Å²) < 4.78 is 17.4. The maximum absolute atomic E-state index is 12.8. The predicted octanol–water partition coefficient (Wildman–Crippen LogP) is 8.11. The number of carbonyl (C=O) groups excluding carboxylic acids is 1. The van der Waals surface area contributed by atoms with Crippen molar-refractivity contribution in [3.8, 4) is 11.5 Å². The summed E-state index contributed by atoms with van der Waals surface area (Å²) in [5.41, 5.74) is 1.85. The number of rotatable bonds is 13. The summed E-state index contributed by atoms with van der Waals surface area (Å²) >= 11 is 0. The SMILES string of the molecule is CCCC(C)(CC(CC(CC)c1ccc(OC2(OC)CCCCC2)cc1)c1ccc(O)cc1)C(=O)OC. The van der Waals surface area contributed by atoms with E-state index in [4.69, 9.17) is 14.2 Å². The Labute approximate surface area is 223 Å². The summed E-state index contributed by atoms with van der Waals surface area (Å²) in [4.78, 5) is 12.8. The molecular weight excluding hydrogens is 464 g/mol. The first-order chi connectivity index (χ1) is 17.8. The minimum atomic E-state index is -0.559. The Morgan fingerprint density at radius 1 is 0.946 bits per heavy atom. The van der Waals surface area contributed by atoms with Crippen LogP contribution >= 0.6 is 0 Å². The molecule has 5 nitrogen and oxygen atoms in total. The van der Waals surface area contributed by atoms with Gasteiger partial charge in [-0.2, -0.15) is 0 Å². The zero-order chi connectivity index (χ0) is 26.9. The minimum absolute atomic E-state index is 0.149. The van der Waals surface area contributed by atoms with E-state index in [1.54, 1.807) is 19.2 Å². The molecule has 37 heavy (non-hydrogen) atoms. The smallest absolute Gasteiger partial charge is 0.311 e. The van der Waals surface area contributed by atoms with Crippen molar-refractivity contribution in [2.24, 2.45) is 5.41 Å². The molecule has 0 spiro atoms. The second kappa shape index (κ2) is 13.3. The Hall–Kier alpha value is -2.53. The number of esters is 1. The highest BCUT2D eigenvalue weighted by molar-refractivity contribution is 5.76. The van der Waals surface area contributed by atoms with Gasteiger partial charge in [-0.15, -0.1) is 0 Å². The first-order valence-electron chi connectivity index (χ1n) is 14.0. The number of benzene rings is 2. The topological polar surface area (TPSA) is 65.0 Å². The zero-order valence-electron chi connectivity index (χ0n) is 23.4. The number of carbonyl (C=O) groups is 1. The van der Waals surface area contributed by atoms with Crippen molar-refractivity contribution in [2.45, 2.75) is 103 Å². The molecule has 3 atom stereocenters. The van der Waals surface area contributed by atoms with E-state index < -0.39 is 11.2 Å². The first-order valence-corrected chi connectivity index (χ1v) is 14.0. The van der Waals surface area contributed by atoms with Crippen LogP contribution in [0.3, 0.4) is 0 Å². The summed E-state index contributed by atoms with van der Waals surface area (Å²) in [5, 5.41) is 9.87. The zero-order valence-corrected chi connectivity index (χ0v) is 23.4. The molecule has 0 heterocycles. The van der Waals surface area contributed by atoms with Gasteiger partial charge in [-0.3, -0.25) is 4.79 Å². The van der Waals surface area contributed by atoms with E-state index in [1.165, 1.54) is 19.1 Å². The van der Waals surface area contributed by atoms with Crippen LogP contribution < -0.4 is 4.74 Å². The molecule has 0 amide bonds. The van der Waals surface area contributed by atoms with E-state index >= 15 is 0 Å². The third-order valence-electron chi connectivity index (χ3n) is 8.25. The average molecular weight is 511 g/mol. The molecule has 1 fully saturated rings. The van der Waals surface area contributed by atoms with Crippen LogP contribution in [0.2, 0.25) is 0 Å². The molecule has 204 valence electrons. The van der Waals surface area contributed by atoms with E-state index in [9.17, 15) is 9.90 Å². The Bertz CT molecular complexity index is 962. The van der Waals surface area contributed by atoms with Crippen LogP contribution in [-0.4, -0.2) is 31.1 Å². The highest BCUT2D eigenvalue weighted by Gasteiger charge is 2.37. The monoisotopic (exact) mass is 510 g/mol. The van der Waals surface area contributed by atoms with E-state index in [0.29, 0.717) is 12.3 Å². The number of hydrogen-bond acceptors (Lipinski definition) is 5. The Kier molecular flexibility index (Phi) is 10.5. The standard InChI is InChI=1S/C32H46O5/c1-6-19-31(3,30(34)35-4)23-27(26-11-15-28(33)16-12-26)22-24(7-2)25-13-17-29(18-14-25)37-32(36-5)20-9-8-10-21-32/h11-18,24,27,33H,6-10,19-23H2,1-5H3. The lowest BCUT2D eigenvalue weighted by atomic mass is 9.72. The molecular formula is C32H46O5. The Balaban J connectivity index is 1.82. The maximum Gasteiger partial charge on any atom is 0.311 e. The summed E-state index contributed by atoms with van der Waals surface area (Å²) in [6, 6.07) is 15.9. The van der Waals surface area contributed by atoms with Gasteiger partial charge in [0, 0.05) is 20.0 Å². The van der Waals surface area contributed by atoms with Gasteiger partial charge in [0.2, 0.25) is 5.79 Å². The van der Waals surface area contributed by atoms with Gasteiger partial charge in [-0.1, -0.05) is 51.0 Å². The van der Waals surface area contributed by atoms with Crippen LogP contribution in [-0.2, 0) is 14.3 Å². The number of ether oxygens (including phenoxy) is 3. The fraction of sp³-hybridized carbons (Fsp3) is 0.594. The van der Waals surface area contributed by atoms with Crippen molar-refractivity contribution in [1.82, 2.24) is 0 Å². The lowest BCUT2D eigenvalue weighted by molar-refractivity contribution is -0.182. The van der Waals surface area contributed by atoms with Crippen LogP contribution in [0.15, 0.2) is 48.5 Å². The van der Waals surface area contributed by atoms with Gasteiger partial charge in [0.25, 0.3) is 0 Å². The number of methoxy groups -OCH3 is 2. The number of aromatic hydroxyl groups is 1. The lowest BCUT2D eigenvalue weighted by Crippen LogP contribution is -2.40. The molecule has 0 radical (unpaired) electrons. The van der Waals surface area contributed by atoms with Crippen molar-refractivity contribution in [3.05, 3.63) is 59.7 Å². The van der Waals surface area contributed by atoms with Crippen LogP contribution in [0, 0.1) is 5.41 Å². The minimum Gasteiger partial charge on any atom is -0.508 e. The lowest BCUT2D eigenvalue weighted by Gasteiger charge is -2.36. The Morgan fingerprint density at radius 3 is 2.08 bits per heavy atom. The molecule has 0 aromatic heterocycles. The fourth-order valence-electron chi connectivity index (χ4n) is 6.06. The molecule has 1 N–H and O–H groups in total. The summed E-state index contributed by atoms with van der Waals surface area (Å²) in [6.07, 6.45) is 9.62. The number of phenols is 1.